The molecule has 19 heavy (non-hydrogen) atoms. The van der Waals surface area contributed by atoms with Crippen molar-refractivity contribution in [1.29, 1.82) is 0 Å². The fraction of sp³-hybridized carbons (Fsp3) is 0.938. The summed E-state index contributed by atoms with van der Waals surface area (Å²) in [4.78, 5) is 15.1. The third-order valence-corrected chi connectivity index (χ3v) is 4.99. The first-order chi connectivity index (χ1) is 9.05. The highest BCUT2D eigenvalue weighted by Gasteiger charge is 2.44. The van der Waals surface area contributed by atoms with E-state index in [0.29, 0.717) is 17.9 Å². The second kappa shape index (κ2) is 6.25. The molecule has 1 aliphatic carbocycles. The van der Waals surface area contributed by atoms with E-state index in [4.69, 9.17) is 0 Å². The van der Waals surface area contributed by atoms with Crippen LogP contribution in [-0.4, -0.2) is 37.0 Å². The molecular weight excluding hydrogens is 236 g/mol. The SMILES string of the molecule is CC(C)CC1(C(=O)N(C)C2CCNCC2)CCCC1. The minimum absolute atomic E-state index is 0.0339. The van der Waals surface area contributed by atoms with Crippen molar-refractivity contribution in [3.63, 3.8) is 0 Å². The molecule has 3 heteroatoms. The largest absolute Gasteiger partial charge is 0.342 e. The van der Waals surface area contributed by atoms with Gasteiger partial charge in [0.25, 0.3) is 0 Å². The van der Waals surface area contributed by atoms with E-state index in [-0.39, 0.29) is 5.41 Å². The number of carbonyl (C=O) groups excluding carboxylic acids is 1. The molecule has 0 atom stereocenters. The molecule has 0 aromatic rings. The highest BCUT2D eigenvalue weighted by Crippen LogP contribution is 2.45. The average Bonchev–Trinajstić information content (AvgIpc) is 2.87. The molecule has 0 bridgehead atoms. The van der Waals surface area contributed by atoms with E-state index in [0.717, 1.165) is 45.2 Å². The number of nitrogens with zero attached hydrogens (tertiary/aromatic N) is 1. The Hall–Kier alpha value is -0.570. The van der Waals surface area contributed by atoms with Crippen LogP contribution in [0.1, 0.15) is 58.8 Å². The van der Waals surface area contributed by atoms with Gasteiger partial charge in [0, 0.05) is 18.5 Å². The third kappa shape index (κ3) is 3.31. The molecule has 3 nitrogen and oxygen atoms in total. The van der Waals surface area contributed by atoms with Crippen LogP contribution in [0.5, 0.6) is 0 Å². The van der Waals surface area contributed by atoms with Crippen molar-refractivity contribution in [3.8, 4) is 0 Å². The van der Waals surface area contributed by atoms with Crippen LogP contribution in [0.3, 0.4) is 0 Å². The van der Waals surface area contributed by atoms with Crippen molar-refractivity contribution in [3.05, 3.63) is 0 Å². The zero-order valence-electron chi connectivity index (χ0n) is 12.9. The zero-order chi connectivity index (χ0) is 13.9. The Bertz CT molecular complexity index is 302. The van der Waals surface area contributed by atoms with Gasteiger partial charge in [0.05, 0.1) is 0 Å². The molecule has 1 N–H and O–H groups in total. The molecule has 0 radical (unpaired) electrons. The van der Waals surface area contributed by atoms with Gasteiger partial charge in [-0.2, -0.15) is 0 Å². The number of nitrogens with one attached hydrogen (secondary N) is 1. The lowest BCUT2D eigenvalue weighted by atomic mass is 9.77. The van der Waals surface area contributed by atoms with Crippen molar-refractivity contribution >= 4 is 5.91 Å². The predicted molar refractivity (Wildman–Crippen MR) is 79.0 cm³/mol. The van der Waals surface area contributed by atoms with Crippen molar-refractivity contribution in [1.82, 2.24) is 10.2 Å². The molecule has 2 fully saturated rings. The molecule has 0 unspecified atom stereocenters. The molecule has 2 rings (SSSR count). The Morgan fingerprint density at radius 3 is 2.37 bits per heavy atom. The van der Waals surface area contributed by atoms with E-state index < -0.39 is 0 Å². The van der Waals surface area contributed by atoms with Gasteiger partial charge >= 0.3 is 0 Å². The molecule has 2 aliphatic rings. The summed E-state index contributed by atoms with van der Waals surface area (Å²) in [7, 11) is 2.04. The molecule has 1 heterocycles. The fourth-order valence-electron chi connectivity index (χ4n) is 4.07. The minimum atomic E-state index is -0.0339. The van der Waals surface area contributed by atoms with Crippen LogP contribution in [0, 0.1) is 11.3 Å². The smallest absolute Gasteiger partial charge is 0.228 e. The number of carbonyl (C=O) groups is 1. The minimum Gasteiger partial charge on any atom is -0.342 e. The maximum atomic E-state index is 13.0. The molecule has 1 saturated heterocycles. The van der Waals surface area contributed by atoms with Crippen LogP contribution in [0.15, 0.2) is 0 Å². The topological polar surface area (TPSA) is 32.3 Å². The van der Waals surface area contributed by atoms with Gasteiger partial charge in [-0.1, -0.05) is 26.7 Å². The summed E-state index contributed by atoms with van der Waals surface area (Å²) >= 11 is 0. The molecule has 110 valence electrons. The van der Waals surface area contributed by atoms with Crippen molar-refractivity contribution in [2.24, 2.45) is 11.3 Å². The van der Waals surface area contributed by atoms with Crippen LogP contribution >= 0.6 is 0 Å². The lowest BCUT2D eigenvalue weighted by Gasteiger charge is -2.39. The second-order valence-electron chi connectivity index (χ2n) is 6.98. The molecule has 1 aliphatic heterocycles. The summed E-state index contributed by atoms with van der Waals surface area (Å²) in [6, 6.07) is 0.457. The van der Waals surface area contributed by atoms with Gasteiger partial charge in [-0.15, -0.1) is 0 Å². The Morgan fingerprint density at radius 2 is 1.84 bits per heavy atom. The Labute approximate surface area is 118 Å². The van der Waals surface area contributed by atoms with Crippen LogP contribution in [0.25, 0.3) is 0 Å². The quantitative estimate of drug-likeness (QED) is 0.848. The fourth-order valence-corrected chi connectivity index (χ4v) is 4.07. The van der Waals surface area contributed by atoms with Gasteiger partial charge < -0.3 is 10.2 Å². The molecular formula is C16H30N2O. The normalized spacial score (nSPS) is 23.8. The molecule has 1 saturated carbocycles. The van der Waals surface area contributed by atoms with Crippen LogP contribution in [0.4, 0.5) is 0 Å². The van der Waals surface area contributed by atoms with Crippen molar-refractivity contribution in [2.75, 3.05) is 20.1 Å². The maximum absolute atomic E-state index is 13.0. The van der Waals surface area contributed by atoms with Crippen LogP contribution in [-0.2, 0) is 4.79 Å². The van der Waals surface area contributed by atoms with E-state index in [1.54, 1.807) is 0 Å². The Morgan fingerprint density at radius 1 is 1.26 bits per heavy atom. The standard InChI is InChI=1S/C16H30N2O/c1-13(2)12-16(8-4-5-9-16)15(19)18(3)14-6-10-17-11-7-14/h13-14,17H,4-12H2,1-3H3. The van der Waals surface area contributed by atoms with E-state index in [2.05, 4.69) is 24.1 Å². The number of amides is 1. The average molecular weight is 266 g/mol. The first kappa shape index (κ1) is 14.8. The van der Waals surface area contributed by atoms with E-state index >= 15 is 0 Å². The summed E-state index contributed by atoms with van der Waals surface area (Å²) < 4.78 is 0. The summed E-state index contributed by atoms with van der Waals surface area (Å²) in [5.41, 5.74) is -0.0339. The monoisotopic (exact) mass is 266 g/mol. The molecule has 1 amide bonds. The predicted octanol–water partition coefficient (Wildman–Crippen LogP) is 2.80. The molecule has 0 aromatic carbocycles. The van der Waals surface area contributed by atoms with Gasteiger partial charge in [0.1, 0.15) is 0 Å². The summed E-state index contributed by atoms with van der Waals surface area (Å²) in [6.07, 6.45) is 7.98. The zero-order valence-corrected chi connectivity index (χ0v) is 12.9. The number of piperidine rings is 1. The number of hydrogen-bond donors (Lipinski definition) is 1. The second-order valence-corrected chi connectivity index (χ2v) is 6.98. The van der Waals surface area contributed by atoms with E-state index in [1.165, 1.54) is 12.8 Å². The maximum Gasteiger partial charge on any atom is 0.228 e. The van der Waals surface area contributed by atoms with Gasteiger partial charge in [-0.25, -0.2) is 0 Å². The Kier molecular flexibility index (Phi) is 4.88. The van der Waals surface area contributed by atoms with Crippen molar-refractivity contribution in [2.45, 2.75) is 64.8 Å². The summed E-state index contributed by atoms with van der Waals surface area (Å²) in [5.74, 6) is 1.05. The van der Waals surface area contributed by atoms with Gasteiger partial charge in [-0.05, 0) is 51.1 Å². The van der Waals surface area contributed by atoms with Crippen LogP contribution in [0.2, 0.25) is 0 Å². The van der Waals surface area contributed by atoms with Gasteiger partial charge in [0.2, 0.25) is 5.91 Å². The van der Waals surface area contributed by atoms with E-state index in [1.807, 2.05) is 7.05 Å². The molecule has 0 spiro atoms. The Balaban J connectivity index is 2.05. The lowest BCUT2D eigenvalue weighted by Crippen LogP contribution is -2.49. The first-order valence-corrected chi connectivity index (χ1v) is 8.03. The summed E-state index contributed by atoms with van der Waals surface area (Å²) in [6.45, 7) is 6.61. The lowest BCUT2D eigenvalue weighted by molar-refractivity contribution is -0.144. The van der Waals surface area contributed by atoms with Gasteiger partial charge in [-0.3, -0.25) is 4.79 Å². The van der Waals surface area contributed by atoms with E-state index in [9.17, 15) is 4.79 Å². The third-order valence-electron chi connectivity index (χ3n) is 4.99. The first-order valence-electron chi connectivity index (χ1n) is 8.03. The highest BCUT2D eigenvalue weighted by molar-refractivity contribution is 5.83. The summed E-state index contributed by atoms with van der Waals surface area (Å²) in [5, 5.41) is 3.38. The van der Waals surface area contributed by atoms with Crippen molar-refractivity contribution < 1.29 is 4.79 Å². The van der Waals surface area contributed by atoms with Gasteiger partial charge in [0.15, 0.2) is 0 Å². The highest BCUT2D eigenvalue weighted by atomic mass is 16.2. The number of rotatable bonds is 4. The number of hydrogen-bond acceptors (Lipinski definition) is 2. The molecule has 0 aromatic heterocycles. The van der Waals surface area contributed by atoms with Crippen LogP contribution < -0.4 is 5.32 Å².